The van der Waals surface area contributed by atoms with Crippen molar-refractivity contribution in [2.75, 3.05) is 0 Å². The molecule has 1 rings (SSSR count). The molecule has 1 heteroatoms. The Labute approximate surface area is 92.5 Å². The summed E-state index contributed by atoms with van der Waals surface area (Å²) in [6, 6.07) is 7.38. The van der Waals surface area contributed by atoms with Crippen LogP contribution in [-0.2, 0) is 0 Å². The molecule has 1 aromatic rings. The van der Waals surface area contributed by atoms with Gasteiger partial charge in [0.2, 0.25) is 0 Å². The molecule has 1 N–H and O–H groups in total. The molecular formula is C14H20O. The Morgan fingerprint density at radius 1 is 1.20 bits per heavy atom. The lowest BCUT2D eigenvalue weighted by Crippen LogP contribution is -1.82. The van der Waals surface area contributed by atoms with E-state index in [4.69, 9.17) is 5.11 Å². The number of aromatic hydroxyl groups is 1. The van der Waals surface area contributed by atoms with Gasteiger partial charge in [-0.15, -0.1) is 0 Å². The average Bonchev–Trinajstić information content (AvgIpc) is 2.27. The number of rotatable bonds is 5. The van der Waals surface area contributed by atoms with Gasteiger partial charge in [0.15, 0.2) is 0 Å². The normalized spacial score (nSPS) is 11.7. The summed E-state index contributed by atoms with van der Waals surface area (Å²) in [6.45, 7) is 4.41. The summed E-state index contributed by atoms with van der Waals surface area (Å²) in [7, 11) is 0. The first kappa shape index (κ1) is 11.8. The van der Waals surface area contributed by atoms with Crippen molar-refractivity contribution in [3.63, 3.8) is 0 Å². The van der Waals surface area contributed by atoms with Crippen molar-refractivity contribution >= 4 is 6.08 Å². The Kier molecular flexibility index (Phi) is 4.96. The molecule has 0 amide bonds. The van der Waals surface area contributed by atoms with Crippen molar-refractivity contribution < 1.29 is 5.11 Å². The maximum atomic E-state index is 9.17. The molecule has 0 aliphatic heterocycles. The van der Waals surface area contributed by atoms with Gasteiger partial charge in [-0.05, 0) is 37.0 Å². The molecule has 0 heterocycles. The molecule has 0 aromatic heterocycles. The van der Waals surface area contributed by atoms with Crippen LogP contribution < -0.4 is 0 Å². The Hall–Kier alpha value is -1.24. The Morgan fingerprint density at radius 3 is 2.40 bits per heavy atom. The Morgan fingerprint density at radius 2 is 1.87 bits per heavy atom. The van der Waals surface area contributed by atoms with Crippen molar-refractivity contribution in [2.24, 2.45) is 0 Å². The fourth-order valence-electron chi connectivity index (χ4n) is 1.56. The Balaban J connectivity index is 2.69. The molecule has 15 heavy (non-hydrogen) atoms. The first-order chi connectivity index (χ1) is 7.26. The number of allylic oxidation sites excluding steroid dienone is 1. The molecule has 1 aromatic carbocycles. The molecular weight excluding hydrogens is 184 g/mol. The number of benzene rings is 1. The zero-order valence-corrected chi connectivity index (χ0v) is 9.66. The minimum atomic E-state index is 0.332. The molecule has 1 nitrogen and oxygen atoms in total. The van der Waals surface area contributed by atoms with Gasteiger partial charge in [-0.25, -0.2) is 0 Å². The molecule has 0 radical (unpaired) electrons. The van der Waals surface area contributed by atoms with Crippen LogP contribution >= 0.6 is 0 Å². The van der Waals surface area contributed by atoms with Crippen LogP contribution in [0.5, 0.6) is 5.75 Å². The zero-order valence-electron chi connectivity index (χ0n) is 9.66. The topological polar surface area (TPSA) is 20.2 Å². The fourth-order valence-corrected chi connectivity index (χ4v) is 1.56. The van der Waals surface area contributed by atoms with Crippen molar-refractivity contribution in [1.29, 1.82) is 0 Å². The van der Waals surface area contributed by atoms with Crippen LogP contribution in [-0.4, -0.2) is 5.11 Å². The molecule has 82 valence electrons. The maximum absolute atomic E-state index is 9.17. The van der Waals surface area contributed by atoms with E-state index in [0.717, 1.165) is 6.42 Å². The third-order valence-corrected chi connectivity index (χ3v) is 2.57. The van der Waals surface area contributed by atoms with Crippen LogP contribution in [0.1, 0.15) is 45.1 Å². The third kappa shape index (κ3) is 4.20. The average molecular weight is 204 g/mol. The van der Waals surface area contributed by atoms with Gasteiger partial charge in [0.05, 0.1) is 0 Å². The highest BCUT2D eigenvalue weighted by atomic mass is 16.3. The van der Waals surface area contributed by atoms with Gasteiger partial charge in [-0.1, -0.05) is 44.1 Å². The smallest absolute Gasteiger partial charge is 0.115 e. The van der Waals surface area contributed by atoms with E-state index in [1.807, 2.05) is 12.1 Å². The fraction of sp³-hybridized carbons (Fsp3) is 0.429. The second-order valence-corrected chi connectivity index (χ2v) is 3.85. The van der Waals surface area contributed by atoms with E-state index in [9.17, 15) is 0 Å². The van der Waals surface area contributed by atoms with Crippen LogP contribution in [0.4, 0.5) is 0 Å². The first-order valence-corrected chi connectivity index (χ1v) is 5.74. The monoisotopic (exact) mass is 204 g/mol. The van der Waals surface area contributed by atoms with Crippen molar-refractivity contribution in [2.45, 2.75) is 39.5 Å². The molecule has 0 fully saturated rings. The van der Waals surface area contributed by atoms with Crippen LogP contribution in [0.2, 0.25) is 0 Å². The molecule has 0 saturated carbocycles. The highest BCUT2D eigenvalue weighted by molar-refractivity contribution is 5.53. The van der Waals surface area contributed by atoms with E-state index in [1.54, 1.807) is 12.1 Å². The number of hydrogen-bond donors (Lipinski definition) is 1. The van der Waals surface area contributed by atoms with Crippen LogP contribution in [0.3, 0.4) is 0 Å². The number of phenolic OH excluding ortho intramolecular Hbond substituents is 1. The van der Waals surface area contributed by atoms with Crippen LogP contribution in [0.15, 0.2) is 29.8 Å². The lowest BCUT2D eigenvalue weighted by atomic mass is 10.0. The molecule has 0 spiro atoms. The molecule has 0 atom stereocenters. The second kappa shape index (κ2) is 6.28. The van der Waals surface area contributed by atoms with Crippen molar-refractivity contribution in [3.8, 4) is 5.75 Å². The summed E-state index contributed by atoms with van der Waals surface area (Å²) >= 11 is 0. The number of phenols is 1. The van der Waals surface area contributed by atoms with E-state index in [2.05, 4.69) is 19.9 Å². The summed E-state index contributed by atoms with van der Waals surface area (Å²) in [5, 5.41) is 9.17. The molecule has 0 saturated heterocycles. The standard InChI is InChI=1S/C14H20O/c1-3-5-6-12(4-2)11-13-7-9-14(15)10-8-13/h7-11,15H,3-6H2,1-2H3. The van der Waals surface area contributed by atoms with Gasteiger partial charge in [-0.2, -0.15) is 0 Å². The van der Waals surface area contributed by atoms with E-state index >= 15 is 0 Å². The summed E-state index contributed by atoms with van der Waals surface area (Å²) in [5.74, 6) is 0.332. The van der Waals surface area contributed by atoms with Crippen molar-refractivity contribution in [1.82, 2.24) is 0 Å². The van der Waals surface area contributed by atoms with E-state index < -0.39 is 0 Å². The highest BCUT2D eigenvalue weighted by Gasteiger charge is 1.95. The first-order valence-electron chi connectivity index (χ1n) is 5.74. The summed E-state index contributed by atoms with van der Waals surface area (Å²) in [5.41, 5.74) is 2.67. The SMILES string of the molecule is CCCCC(=Cc1ccc(O)cc1)CC. The zero-order chi connectivity index (χ0) is 11.1. The van der Waals surface area contributed by atoms with Crippen molar-refractivity contribution in [3.05, 3.63) is 35.4 Å². The van der Waals surface area contributed by atoms with Gasteiger partial charge in [0, 0.05) is 0 Å². The molecule has 0 aliphatic rings. The van der Waals surface area contributed by atoms with E-state index in [0.29, 0.717) is 5.75 Å². The second-order valence-electron chi connectivity index (χ2n) is 3.85. The molecule has 0 aliphatic carbocycles. The highest BCUT2D eigenvalue weighted by Crippen LogP contribution is 2.17. The maximum Gasteiger partial charge on any atom is 0.115 e. The number of hydrogen-bond acceptors (Lipinski definition) is 1. The summed E-state index contributed by atoms with van der Waals surface area (Å²) in [4.78, 5) is 0. The van der Waals surface area contributed by atoms with Gasteiger partial charge >= 0.3 is 0 Å². The lowest BCUT2D eigenvalue weighted by molar-refractivity contribution is 0.475. The molecule has 0 unspecified atom stereocenters. The van der Waals surface area contributed by atoms with Crippen LogP contribution in [0, 0.1) is 0 Å². The minimum absolute atomic E-state index is 0.332. The van der Waals surface area contributed by atoms with Gasteiger partial charge in [0.1, 0.15) is 5.75 Å². The molecule has 0 bridgehead atoms. The van der Waals surface area contributed by atoms with Gasteiger partial charge in [-0.3, -0.25) is 0 Å². The minimum Gasteiger partial charge on any atom is -0.508 e. The Bertz CT molecular complexity index is 309. The van der Waals surface area contributed by atoms with E-state index in [1.165, 1.54) is 30.4 Å². The lowest BCUT2D eigenvalue weighted by Gasteiger charge is -2.03. The summed E-state index contributed by atoms with van der Waals surface area (Å²) in [6.07, 6.45) is 7.04. The predicted octanol–water partition coefficient (Wildman–Crippen LogP) is 4.38. The van der Waals surface area contributed by atoms with Gasteiger partial charge in [0.25, 0.3) is 0 Å². The number of unbranched alkanes of at least 4 members (excludes halogenated alkanes) is 1. The van der Waals surface area contributed by atoms with Crippen LogP contribution in [0.25, 0.3) is 6.08 Å². The summed E-state index contributed by atoms with van der Waals surface area (Å²) < 4.78 is 0. The largest absolute Gasteiger partial charge is 0.508 e. The van der Waals surface area contributed by atoms with Gasteiger partial charge < -0.3 is 5.11 Å². The quantitative estimate of drug-likeness (QED) is 0.754. The predicted molar refractivity (Wildman–Crippen MR) is 65.9 cm³/mol. The van der Waals surface area contributed by atoms with E-state index in [-0.39, 0.29) is 0 Å². The third-order valence-electron chi connectivity index (χ3n) is 2.57.